The SMILES string of the molecule is CC(C)CN(C[C@@H](O)[C@H](Cc1ccc(OCP(=O)(O)OCc2ccccc2)cc1)NC(=O)O[C@H]1CO[C@H]2OCC[C@H]21)C(=O)OC(C)(C)C. The molecule has 266 valence electrons. The maximum Gasteiger partial charge on any atom is 0.410 e. The summed E-state index contributed by atoms with van der Waals surface area (Å²) in [7, 11) is -4.03. The third-order valence-electron chi connectivity index (χ3n) is 7.71. The molecule has 0 saturated carbocycles. The smallest absolute Gasteiger partial charge is 0.410 e. The molecule has 2 aliphatic rings. The predicted octanol–water partition coefficient (Wildman–Crippen LogP) is 5.08. The van der Waals surface area contributed by atoms with Gasteiger partial charge in [0.25, 0.3) is 0 Å². The second-order valence-corrected chi connectivity index (χ2v) is 15.4. The molecule has 14 heteroatoms. The van der Waals surface area contributed by atoms with Crippen LogP contribution in [0.2, 0.25) is 0 Å². The molecule has 13 nitrogen and oxygen atoms in total. The lowest BCUT2D eigenvalue weighted by Crippen LogP contribution is -2.52. The fourth-order valence-corrected chi connectivity index (χ4v) is 6.15. The summed E-state index contributed by atoms with van der Waals surface area (Å²) in [5.74, 6) is 0.372. The van der Waals surface area contributed by atoms with E-state index in [9.17, 15) is 24.2 Å². The fraction of sp³-hybridized carbons (Fsp3) is 0.588. The molecule has 4 rings (SSSR count). The van der Waals surface area contributed by atoms with Gasteiger partial charge in [0.2, 0.25) is 0 Å². The van der Waals surface area contributed by atoms with Crippen molar-refractivity contribution in [2.75, 3.05) is 32.7 Å². The molecule has 1 unspecified atom stereocenters. The molecular formula is C34H49N2O11P. The minimum atomic E-state index is -4.03. The van der Waals surface area contributed by atoms with Gasteiger partial charge in [-0.2, -0.15) is 0 Å². The van der Waals surface area contributed by atoms with Gasteiger partial charge in [0.05, 0.1) is 44.4 Å². The lowest BCUT2D eigenvalue weighted by atomic mass is 10.0. The molecule has 0 bridgehead atoms. The van der Waals surface area contributed by atoms with Gasteiger partial charge in [-0.1, -0.05) is 56.3 Å². The van der Waals surface area contributed by atoms with Gasteiger partial charge in [-0.3, -0.25) is 4.57 Å². The Bertz CT molecular complexity index is 1370. The molecule has 2 saturated heterocycles. The highest BCUT2D eigenvalue weighted by atomic mass is 31.2. The molecule has 2 aromatic rings. The Morgan fingerprint density at radius 2 is 1.75 bits per heavy atom. The second kappa shape index (κ2) is 17.0. The van der Waals surface area contributed by atoms with Gasteiger partial charge < -0.3 is 48.4 Å². The summed E-state index contributed by atoms with van der Waals surface area (Å²) in [5, 5.41) is 14.3. The number of aliphatic hydroxyl groups excluding tert-OH is 1. The Hall–Kier alpha value is -3.19. The monoisotopic (exact) mass is 692 g/mol. The lowest BCUT2D eigenvalue weighted by molar-refractivity contribution is -0.0907. The van der Waals surface area contributed by atoms with Crippen LogP contribution in [-0.4, -0.2) is 89.9 Å². The molecular weight excluding hydrogens is 643 g/mol. The predicted molar refractivity (Wildman–Crippen MR) is 176 cm³/mol. The molecule has 2 aliphatic heterocycles. The van der Waals surface area contributed by atoms with Crippen LogP contribution in [0.5, 0.6) is 5.75 Å². The van der Waals surface area contributed by atoms with Crippen molar-refractivity contribution in [3.63, 3.8) is 0 Å². The number of amides is 2. The number of alkyl carbamates (subject to hydrolysis) is 1. The standard InChI is InChI=1S/C34H49N2O11P/c1-23(2)18-36(33(39)47-34(3,4)5)19-29(37)28(35-32(38)46-30-21-43-31-27(30)15-16-42-31)17-24-11-13-26(14-12-24)44-22-48(40,41)45-20-25-9-7-6-8-10-25/h6-14,23,27-31,37H,15-22H2,1-5H3,(H,35,38)(H,40,41)/t27-,28-,29+,30-,31+/m0/s1. The highest BCUT2D eigenvalue weighted by Gasteiger charge is 2.44. The van der Waals surface area contributed by atoms with Crippen LogP contribution in [0, 0.1) is 11.8 Å². The van der Waals surface area contributed by atoms with Crippen molar-refractivity contribution in [1.29, 1.82) is 0 Å². The summed E-state index contributed by atoms with van der Waals surface area (Å²) < 4.78 is 45.6. The van der Waals surface area contributed by atoms with E-state index in [4.69, 9.17) is 28.2 Å². The first kappa shape index (κ1) is 37.6. The maximum atomic E-state index is 13.1. The third kappa shape index (κ3) is 12.0. The van der Waals surface area contributed by atoms with Crippen LogP contribution < -0.4 is 10.1 Å². The number of hydrogen-bond acceptors (Lipinski definition) is 10. The normalized spacial score (nSPS) is 21.5. The van der Waals surface area contributed by atoms with E-state index in [1.807, 2.05) is 32.0 Å². The van der Waals surface area contributed by atoms with E-state index in [0.717, 1.165) is 11.1 Å². The van der Waals surface area contributed by atoms with E-state index in [1.165, 1.54) is 4.90 Å². The number of rotatable bonds is 15. The van der Waals surface area contributed by atoms with Gasteiger partial charge in [-0.25, -0.2) is 9.59 Å². The van der Waals surface area contributed by atoms with Crippen LogP contribution >= 0.6 is 7.60 Å². The number of carbonyl (C=O) groups is 2. The van der Waals surface area contributed by atoms with Gasteiger partial charge in [-0.15, -0.1) is 0 Å². The molecule has 0 spiro atoms. The van der Waals surface area contributed by atoms with Crippen molar-refractivity contribution in [2.45, 2.75) is 84.2 Å². The number of benzene rings is 2. The van der Waals surface area contributed by atoms with Crippen LogP contribution in [0.15, 0.2) is 54.6 Å². The number of hydrogen-bond donors (Lipinski definition) is 3. The first-order valence-electron chi connectivity index (χ1n) is 16.3. The Kier molecular flexibility index (Phi) is 13.3. The average Bonchev–Trinajstić information content (AvgIpc) is 3.64. The zero-order valence-corrected chi connectivity index (χ0v) is 29.2. The molecule has 2 aromatic carbocycles. The molecule has 3 N–H and O–H groups in total. The highest BCUT2D eigenvalue weighted by Crippen LogP contribution is 2.43. The number of carbonyl (C=O) groups excluding carboxylic acids is 2. The molecule has 2 heterocycles. The van der Waals surface area contributed by atoms with Crippen LogP contribution in [-0.2, 0) is 41.1 Å². The molecule has 2 fully saturated rings. The maximum absolute atomic E-state index is 13.1. The minimum Gasteiger partial charge on any atom is -0.481 e. The minimum absolute atomic E-state index is 0.0264. The summed E-state index contributed by atoms with van der Waals surface area (Å²) in [6, 6.07) is 14.9. The van der Waals surface area contributed by atoms with Crippen LogP contribution in [0.25, 0.3) is 0 Å². The summed E-state index contributed by atoms with van der Waals surface area (Å²) in [4.78, 5) is 37.8. The third-order valence-corrected chi connectivity index (χ3v) is 8.69. The van der Waals surface area contributed by atoms with E-state index in [1.54, 1.807) is 57.2 Å². The number of fused-ring (bicyclic) bond motifs is 1. The zero-order chi connectivity index (χ0) is 34.9. The van der Waals surface area contributed by atoms with Gasteiger partial charge >= 0.3 is 19.8 Å². The van der Waals surface area contributed by atoms with Crippen molar-refractivity contribution in [1.82, 2.24) is 10.2 Å². The van der Waals surface area contributed by atoms with Crippen LogP contribution in [0.3, 0.4) is 0 Å². The number of ether oxygens (including phenoxy) is 5. The van der Waals surface area contributed by atoms with Crippen LogP contribution in [0.1, 0.15) is 52.2 Å². The quantitative estimate of drug-likeness (QED) is 0.214. The largest absolute Gasteiger partial charge is 0.481 e. The van der Waals surface area contributed by atoms with Crippen molar-refractivity contribution in [3.8, 4) is 5.75 Å². The van der Waals surface area contributed by atoms with Gasteiger partial charge in [0, 0.05) is 6.54 Å². The molecule has 0 aromatic heterocycles. The first-order chi connectivity index (χ1) is 22.7. The summed E-state index contributed by atoms with van der Waals surface area (Å²) in [6.07, 6.45) is -3.00. The number of aliphatic hydroxyl groups is 1. The van der Waals surface area contributed by atoms with Crippen molar-refractivity contribution in [2.24, 2.45) is 11.8 Å². The molecule has 6 atom stereocenters. The summed E-state index contributed by atoms with van der Waals surface area (Å²) in [6.45, 7) is 10.2. The lowest BCUT2D eigenvalue weighted by Gasteiger charge is -2.32. The topological polar surface area (TPSA) is 162 Å². The van der Waals surface area contributed by atoms with Crippen molar-refractivity contribution >= 4 is 19.8 Å². The van der Waals surface area contributed by atoms with Crippen molar-refractivity contribution in [3.05, 3.63) is 65.7 Å². The fourth-order valence-electron chi connectivity index (χ4n) is 5.42. The van der Waals surface area contributed by atoms with Gasteiger partial charge in [0.1, 0.15) is 17.5 Å². The molecule has 0 radical (unpaired) electrons. The second-order valence-electron chi connectivity index (χ2n) is 13.6. The van der Waals surface area contributed by atoms with E-state index in [-0.39, 0.29) is 38.0 Å². The highest BCUT2D eigenvalue weighted by molar-refractivity contribution is 7.52. The molecule has 48 heavy (non-hydrogen) atoms. The van der Waals surface area contributed by atoms with Crippen molar-refractivity contribution < 1.29 is 52.4 Å². The Balaban J connectivity index is 1.41. The Morgan fingerprint density at radius 1 is 1.04 bits per heavy atom. The summed E-state index contributed by atoms with van der Waals surface area (Å²) >= 11 is 0. The Labute approximate surface area is 282 Å². The van der Waals surface area contributed by atoms with E-state index in [2.05, 4.69) is 5.32 Å². The van der Waals surface area contributed by atoms with Gasteiger partial charge in [0.15, 0.2) is 12.6 Å². The van der Waals surface area contributed by atoms with Gasteiger partial charge in [-0.05, 0) is 62.8 Å². The molecule has 0 aliphatic carbocycles. The number of nitrogens with zero attached hydrogens (tertiary/aromatic N) is 1. The summed E-state index contributed by atoms with van der Waals surface area (Å²) in [5.41, 5.74) is 0.753. The Morgan fingerprint density at radius 3 is 2.42 bits per heavy atom. The molecule has 2 amide bonds. The average molecular weight is 693 g/mol. The first-order valence-corrected chi connectivity index (χ1v) is 18.0. The van der Waals surface area contributed by atoms with E-state index in [0.29, 0.717) is 25.3 Å². The van der Waals surface area contributed by atoms with E-state index >= 15 is 0 Å². The zero-order valence-electron chi connectivity index (χ0n) is 28.3. The van der Waals surface area contributed by atoms with E-state index < -0.39 is 56.3 Å². The number of nitrogens with one attached hydrogen (secondary N) is 1. The van der Waals surface area contributed by atoms with Crippen LogP contribution in [0.4, 0.5) is 9.59 Å².